The van der Waals surface area contributed by atoms with E-state index in [1.165, 1.54) is 12.8 Å². The predicted octanol–water partition coefficient (Wildman–Crippen LogP) is 0.403. The van der Waals surface area contributed by atoms with Gasteiger partial charge in [-0.2, -0.15) is 0 Å². The van der Waals surface area contributed by atoms with Crippen LogP contribution in [0.1, 0.15) is 25.7 Å². The number of carbonyl (C=O) groups excluding carboxylic acids is 1. The summed E-state index contributed by atoms with van der Waals surface area (Å²) in [5.41, 5.74) is 0. The Morgan fingerprint density at radius 3 is 2.38 bits per heavy atom. The molecule has 0 bridgehead atoms. The minimum Gasteiger partial charge on any atom is -0.317 e. The Kier molecular flexibility index (Phi) is 2.96. The van der Waals surface area contributed by atoms with Crippen LogP contribution in [-0.2, 0) is 4.79 Å². The topological polar surface area (TPSA) is 32.3 Å². The van der Waals surface area contributed by atoms with E-state index in [-0.39, 0.29) is 0 Å². The Morgan fingerprint density at radius 1 is 1.15 bits per heavy atom. The average Bonchev–Trinajstić information content (AvgIpc) is 2.20. The van der Waals surface area contributed by atoms with Gasteiger partial charge in [-0.15, -0.1) is 0 Å². The lowest BCUT2D eigenvalue weighted by molar-refractivity contribution is -0.122. The van der Waals surface area contributed by atoms with Crippen molar-refractivity contribution in [2.75, 3.05) is 26.2 Å². The van der Waals surface area contributed by atoms with Gasteiger partial charge in [0, 0.05) is 32.0 Å². The first-order valence-electron chi connectivity index (χ1n) is 5.33. The van der Waals surface area contributed by atoms with Gasteiger partial charge in [-0.05, 0) is 25.9 Å². The van der Waals surface area contributed by atoms with Gasteiger partial charge in [-0.3, -0.25) is 9.69 Å². The number of Topliss-reactive ketones (excluding diaryl/α,β-unsaturated/α-hetero) is 1. The molecule has 0 aromatic rings. The molecule has 0 atom stereocenters. The smallest absolute Gasteiger partial charge is 0.135 e. The third kappa shape index (κ3) is 2.29. The summed E-state index contributed by atoms with van der Waals surface area (Å²) in [4.78, 5) is 13.6. The summed E-state index contributed by atoms with van der Waals surface area (Å²) in [7, 11) is 0. The number of hydrogen-bond acceptors (Lipinski definition) is 3. The molecule has 0 aromatic heterocycles. The zero-order chi connectivity index (χ0) is 9.10. The second-order valence-corrected chi connectivity index (χ2v) is 4.06. The second kappa shape index (κ2) is 4.20. The molecule has 2 rings (SSSR count). The fraction of sp³-hybridized carbons (Fsp3) is 0.900. The van der Waals surface area contributed by atoms with E-state index in [2.05, 4.69) is 10.2 Å². The fourth-order valence-corrected chi connectivity index (χ4v) is 2.31. The Labute approximate surface area is 79.5 Å². The van der Waals surface area contributed by atoms with Crippen molar-refractivity contribution in [2.45, 2.75) is 31.7 Å². The lowest BCUT2D eigenvalue weighted by atomic mass is 10.0. The van der Waals surface area contributed by atoms with Gasteiger partial charge in [0.15, 0.2) is 0 Å². The van der Waals surface area contributed by atoms with Gasteiger partial charge in [-0.1, -0.05) is 0 Å². The molecule has 0 spiro atoms. The highest BCUT2D eigenvalue weighted by Crippen LogP contribution is 2.16. The van der Waals surface area contributed by atoms with Gasteiger partial charge >= 0.3 is 0 Å². The third-order valence-corrected chi connectivity index (χ3v) is 3.18. The Bertz CT molecular complexity index is 177. The number of carbonyl (C=O) groups is 1. The molecule has 2 fully saturated rings. The van der Waals surface area contributed by atoms with Crippen molar-refractivity contribution in [2.24, 2.45) is 0 Å². The first-order valence-corrected chi connectivity index (χ1v) is 5.33. The predicted molar refractivity (Wildman–Crippen MR) is 51.7 cm³/mol. The van der Waals surface area contributed by atoms with Crippen LogP contribution in [0.2, 0.25) is 0 Å². The third-order valence-electron chi connectivity index (χ3n) is 3.18. The van der Waals surface area contributed by atoms with Crippen LogP contribution in [0, 0.1) is 0 Å². The Hall–Kier alpha value is -0.410. The molecule has 2 saturated heterocycles. The van der Waals surface area contributed by atoms with Gasteiger partial charge in [0.2, 0.25) is 0 Å². The molecule has 0 radical (unpaired) electrons. The number of nitrogens with zero attached hydrogens (tertiary/aromatic N) is 1. The van der Waals surface area contributed by atoms with Crippen LogP contribution in [0.4, 0.5) is 0 Å². The van der Waals surface area contributed by atoms with E-state index >= 15 is 0 Å². The molecule has 2 heterocycles. The normalized spacial score (nSPS) is 27.8. The number of hydrogen-bond donors (Lipinski definition) is 1. The number of rotatable bonds is 1. The molecule has 3 heteroatoms. The first kappa shape index (κ1) is 9.16. The molecule has 0 amide bonds. The van der Waals surface area contributed by atoms with Crippen molar-refractivity contribution >= 4 is 5.78 Å². The molecular weight excluding hydrogens is 164 g/mol. The van der Waals surface area contributed by atoms with Crippen LogP contribution >= 0.6 is 0 Å². The fourth-order valence-electron chi connectivity index (χ4n) is 2.31. The Balaban J connectivity index is 1.82. The quantitative estimate of drug-likeness (QED) is 0.637. The monoisotopic (exact) mass is 182 g/mol. The molecule has 0 saturated carbocycles. The lowest BCUT2D eigenvalue weighted by Crippen LogP contribution is -2.46. The first-order chi connectivity index (χ1) is 6.36. The van der Waals surface area contributed by atoms with Crippen molar-refractivity contribution in [3.63, 3.8) is 0 Å². The summed E-state index contributed by atoms with van der Waals surface area (Å²) in [6, 6.07) is 0.745. The summed E-state index contributed by atoms with van der Waals surface area (Å²) >= 11 is 0. The van der Waals surface area contributed by atoms with E-state index in [1.807, 2.05) is 0 Å². The molecule has 0 aliphatic carbocycles. The Morgan fingerprint density at radius 2 is 1.77 bits per heavy atom. The molecule has 3 nitrogen and oxygen atoms in total. The highest BCUT2D eigenvalue weighted by molar-refractivity contribution is 5.79. The summed E-state index contributed by atoms with van der Waals surface area (Å²) in [5, 5.41) is 3.37. The van der Waals surface area contributed by atoms with E-state index in [1.54, 1.807) is 0 Å². The summed E-state index contributed by atoms with van der Waals surface area (Å²) in [6.45, 7) is 4.30. The molecule has 0 unspecified atom stereocenters. The van der Waals surface area contributed by atoms with Gasteiger partial charge in [0.25, 0.3) is 0 Å². The van der Waals surface area contributed by atoms with E-state index < -0.39 is 0 Å². The molecule has 2 aliphatic heterocycles. The maximum absolute atomic E-state index is 11.1. The van der Waals surface area contributed by atoms with Gasteiger partial charge in [0.05, 0.1) is 0 Å². The second-order valence-electron chi connectivity index (χ2n) is 4.06. The van der Waals surface area contributed by atoms with Crippen LogP contribution in [0.25, 0.3) is 0 Å². The highest BCUT2D eigenvalue weighted by atomic mass is 16.1. The summed E-state index contributed by atoms with van der Waals surface area (Å²) < 4.78 is 0. The van der Waals surface area contributed by atoms with E-state index in [9.17, 15) is 4.79 Å². The van der Waals surface area contributed by atoms with Crippen molar-refractivity contribution in [1.29, 1.82) is 0 Å². The molecule has 13 heavy (non-hydrogen) atoms. The summed E-state index contributed by atoms with van der Waals surface area (Å²) in [5.74, 6) is 0.449. The van der Waals surface area contributed by atoms with Crippen molar-refractivity contribution < 1.29 is 4.79 Å². The van der Waals surface area contributed by atoms with Gasteiger partial charge < -0.3 is 5.32 Å². The molecular formula is C10H18N2O. The molecule has 74 valence electrons. The zero-order valence-corrected chi connectivity index (χ0v) is 8.09. The van der Waals surface area contributed by atoms with Crippen molar-refractivity contribution in [3.8, 4) is 0 Å². The largest absolute Gasteiger partial charge is 0.317 e. The van der Waals surface area contributed by atoms with Crippen LogP contribution in [0.3, 0.4) is 0 Å². The van der Waals surface area contributed by atoms with Crippen LogP contribution in [-0.4, -0.2) is 42.9 Å². The molecule has 1 N–H and O–H groups in total. The highest BCUT2D eigenvalue weighted by Gasteiger charge is 2.24. The zero-order valence-electron chi connectivity index (χ0n) is 8.09. The van der Waals surface area contributed by atoms with E-state index in [0.717, 1.165) is 45.1 Å². The molecule has 0 aromatic carbocycles. The molecule has 2 aliphatic rings. The van der Waals surface area contributed by atoms with Crippen LogP contribution < -0.4 is 5.32 Å². The number of piperidine rings is 2. The maximum Gasteiger partial charge on any atom is 0.135 e. The maximum atomic E-state index is 11.1. The van der Waals surface area contributed by atoms with E-state index in [4.69, 9.17) is 0 Å². The average molecular weight is 182 g/mol. The van der Waals surface area contributed by atoms with Crippen LogP contribution in [0.15, 0.2) is 0 Å². The standard InChI is InChI=1S/C10H18N2O/c13-10-3-7-12(8-4-10)9-1-5-11-6-2-9/h9,11H,1-8H2. The number of likely N-dealkylation sites (tertiary alicyclic amines) is 1. The van der Waals surface area contributed by atoms with Crippen LogP contribution in [0.5, 0.6) is 0 Å². The summed E-state index contributed by atoms with van der Waals surface area (Å²) in [6.07, 6.45) is 4.08. The lowest BCUT2D eigenvalue weighted by Gasteiger charge is -2.36. The number of ketones is 1. The number of nitrogens with one attached hydrogen (secondary N) is 1. The minimum atomic E-state index is 0.449. The van der Waals surface area contributed by atoms with E-state index in [0.29, 0.717) is 5.78 Å². The minimum absolute atomic E-state index is 0.449. The SMILES string of the molecule is O=C1CCN(C2CCNCC2)CC1. The van der Waals surface area contributed by atoms with Crippen molar-refractivity contribution in [3.05, 3.63) is 0 Å². The van der Waals surface area contributed by atoms with Gasteiger partial charge in [-0.25, -0.2) is 0 Å². The van der Waals surface area contributed by atoms with Crippen molar-refractivity contribution in [1.82, 2.24) is 10.2 Å². The van der Waals surface area contributed by atoms with Gasteiger partial charge in [0.1, 0.15) is 5.78 Å².